The molecule has 2 atom stereocenters. The van der Waals surface area contributed by atoms with Gasteiger partial charge in [0.1, 0.15) is 12.4 Å². The second-order valence-corrected chi connectivity index (χ2v) is 7.02. The predicted molar refractivity (Wildman–Crippen MR) is 84.5 cm³/mol. The predicted octanol–water partition coefficient (Wildman–Crippen LogP) is 2.83. The van der Waals surface area contributed by atoms with Crippen LogP contribution in [0.4, 0.5) is 0 Å². The van der Waals surface area contributed by atoms with E-state index in [0.717, 1.165) is 24.2 Å². The summed E-state index contributed by atoms with van der Waals surface area (Å²) in [7, 11) is 2.09. The lowest BCUT2D eigenvalue weighted by atomic mass is 9.94. The van der Waals surface area contributed by atoms with E-state index in [9.17, 15) is 0 Å². The van der Waals surface area contributed by atoms with E-state index in [1.165, 1.54) is 44.3 Å². The van der Waals surface area contributed by atoms with Crippen LogP contribution >= 0.6 is 0 Å². The van der Waals surface area contributed by atoms with Crippen LogP contribution in [-0.2, 0) is 0 Å². The minimum absolute atomic E-state index is 0.396. The van der Waals surface area contributed by atoms with Gasteiger partial charge in [0.15, 0.2) is 0 Å². The quantitative estimate of drug-likeness (QED) is 0.870. The second kappa shape index (κ2) is 5.62. The highest BCUT2D eigenvalue weighted by atomic mass is 16.5. The molecule has 1 heterocycles. The van der Waals surface area contributed by atoms with Gasteiger partial charge in [0.25, 0.3) is 0 Å². The van der Waals surface area contributed by atoms with E-state index in [0.29, 0.717) is 12.1 Å². The van der Waals surface area contributed by atoms with E-state index >= 15 is 0 Å². The van der Waals surface area contributed by atoms with Crippen molar-refractivity contribution in [1.82, 2.24) is 10.2 Å². The Morgan fingerprint density at radius 3 is 2.38 bits per heavy atom. The number of nitrogens with zero attached hydrogens (tertiary/aromatic N) is 1. The van der Waals surface area contributed by atoms with Crippen molar-refractivity contribution >= 4 is 0 Å². The number of ether oxygens (including phenoxy) is 1. The third-order valence-corrected chi connectivity index (χ3v) is 5.21. The molecule has 0 spiro atoms. The largest absolute Gasteiger partial charge is 0.492 e. The molecule has 114 valence electrons. The van der Waals surface area contributed by atoms with Crippen LogP contribution in [0, 0.1) is 11.8 Å². The summed E-state index contributed by atoms with van der Waals surface area (Å²) < 4.78 is 6.07. The molecule has 0 bridgehead atoms. The van der Waals surface area contributed by atoms with Gasteiger partial charge in [-0.15, -0.1) is 0 Å². The van der Waals surface area contributed by atoms with Crippen molar-refractivity contribution in [3.8, 4) is 5.75 Å². The smallest absolute Gasteiger partial charge is 0.124 e. The summed E-state index contributed by atoms with van der Waals surface area (Å²) in [5, 5.41) is 3.56. The summed E-state index contributed by atoms with van der Waals surface area (Å²) in [4.78, 5) is 2.73. The molecule has 0 amide bonds. The van der Waals surface area contributed by atoms with Crippen molar-refractivity contribution in [2.24, 2.45) is 11.8 Å². The highest BCUT2D eigenvalue weighted by Gasteiger charge is 2.38. The third-order valence-electron chi connectivity index (χ3n) is 5.21. The van der Waals surface area contributed by atoms with Gasteiger partial charge in [-0.3, -0.25) is 4.90 Å². The van der Waals surface area contributed by atoms with Crippen LogP contribution in [0.5, 0.6) is 5.75 Å². The molecule has 0 saturated heterocycles. The Bertz CT molecular complexity index is 482. The van der Waals surface area contributed by atoms with Crippen LogP contribution < -0.4 is 10.1 Å². The minimum Gasteiger partial charge on any atom is -0.492 e. The lowest BCUT2D eigenvalue weighted by molar-refractivity contribution is 0.0802. The van der Waals surface area contributed by atoms with E-state index in [-0.39, 0.29) is 0 Å². The Balaban J connectivity index is 1.56. The fourth-order valence-electron chi connectivity index (χ4n) is 3.62. The maximum Gasteiger partial charge on any atom is 0.124 e. The standard InChI is InChI=1S/C18H26N2O/c1-19-18-15-4-2-3-5-17(15)21-12-16(18)20(10-13-6-7-13)11-14-8-9-14/h2-5,13-14,16,18-19H,6-12H2,1H3. The van der Waals surface area contributed by atoms with Crippen molar-refractivity contribution in [2.45, 2.75) is 37.8 Å². The normalized spacial score (nSPS) is 28.3. The van der Waals surface area contributed by atoms with Crippen LogP contribution in [0.3, 0.4) is 0 Å². The van der Waals surface area contributed by atoms with Crippen molar-refractivity contribution in [3.05, 3.63) is 29.8 Å². The first-order chi connectivity index (χ1) is 10.3. The molecule has 2 saturated carbocycles. The monoisotopic (exact) mass is 286 g/mol. The zero-order valence-corrected chi connectivity index (χ0v) is 12.9. The molecule has 0 radical (unpaired) electrons. The molecule has 3 nitrogen and oxygen atoms in total. The molecule has 21 heavy (non-hydrogen) atoms. The third kappa shape index (κ3) is 2.95. The van der Waals surface area contributed by atoms with Crippen LogP contribution in [0.25, 0.3) is 0 Å². The zero-order chi connectivity index (χ0) is 14.2. The van der Waals surface area contributed by atoms with Crippen LogP contribution in [-0.4, -0.2) is 37.7 Å². The number of para-hydroxylation sites is 1. The Morgan fingerprint density at radius 1 is 1.10 bits per heavy atom. The molecular formula is C18H26N2O. The summed E-state index contributed by atoms with van der Waals surface area (Å²) in [6, 6.07) is 9.38. The number of hydrogen-bond donors (Lipinski definition) is 1. The Morgan fingerprint density at radius 2 is 1.76 bits per heavy atom. The summed E-state index contributed by atoms with van der Waals surface area (Å²) in [6.07, 6.45) is 5.70. The van der Waals surface area contributed by atoms with E-state index < -0.39 is 0 Å². The van der Waals surface area contributed by atoms with E-state index in [1.54, 1.807) is 0 Å². The van der Waals surface area contributed by atoms with Crippen molar-refractivity contribution in [3.63, 3.8) is 0 Å². The van der Waals surface area contributed by atoms with E-state index in [2.05, 4.69) is 41.5 Å². The number of rotatable bonds is 6. The highest BCUT2D eigenvalue weighted by Crippen LogP contribution is 2.39. The average molecular weight is 286 g/mol. The van der Waals surface area contributed by atoms with Crippen molar-refractivity contribution in [1.29, 1.82) is 0 Å². The molecule has 1 N–H and O–H groups in total. The number of likely N-dealkylation sites (N-methyl/N-ethyl adjacent to an activating group) is 1. The molecule has 1 aliphatic heterocycles. The van der Waals surface area contributed by atoms with Gasteiger partial charge in [0, 0.05) is 18.7 Å². The SMILES string of the molecule is CNC1c2ccccc2OCC1N(CC1CC1)CC1CC1. The summed E-state index contributed by atoms with van der Waals surface area (Å²) >= 11 is 0. The molecule has 0 aromatic heterocycles. The van der Waals surface area contributed by atoms with Gasteiger partial charge in [-0.05, 0) is 50.6 Å². The first-order valence-electron chi connectivity index (χ1n) is 8.48. The van der Waals surface area contributed by atoms with Gasteiger partial charge in [-0.25, -0.2) is 0 Å². The van der Waals surface area contributed by atoms with Crippen LogP contribution in [0.15, 0.2) is 24.3 Å². The van der Waals surface area contributed by atoms with Gasteiger partial charge in [-0.1, -0.05) is 18.2 Å². The van der Waals surface area contributed by atoms with Crippen molar-refractivity contribution < 1.29 is 4.74 Å². The molecule has 3 heteroatoms. The van der Waals surface area contributed by atoms with Gasteiger partial charge < -0.3 is 10.1 Å². The lowest BCUT2D eigenvalue weighted by Crippen LogP contribution is -2.51. The van der Waals surface area contributed by atoms with Crippen LogP contribution in [0.1, 0.15) is 37.3 Å². The summed E-state index contributed by atoms with van der Waals surface area (Å²) in [6.45, 7) is 3.36. The molecule has 2 fully saturated rings. The van der Waals surface area contributed by atoms with Gasteiger partial charge in [0.2, 0.25) is 0 Å². The number of fused-ring (bicyclic) bond motifs is 1. The molecule has 4 rings (SSSR count). The number of benzene rings is 1. The maximum absolute atomic E-state index is 6.07. The van der Waals surface area contributed by atoms with E-state index in [1.807, 2.05) is 0 Å². The molecular weight excluding hydrogens is 260 g/mol. The molecule has 1 aromatic rings. The van der Waals surface area contributed by atoms with Gasteiger partial charge >= 0.3 is 0 Å². The molecule has 3 aliphatic rings. The number of nitrogens with one attached hydrogen (secondary N) is 1. The van der Waals surface area contributed by atoms with Crippen LogP contribution in [0.2, 0.25) is 0 Å². The fourth-order valence-corrected chi connectivity index (χ4v) is 3.62. The Hall–Kier alpha value is -1.06. The van der Waals surface area contributed by atoms with Crippen molar-refractivity contribution in [2.75, 3.05) is 26.7 Å². The number of hydrogen-bond acceptors (Lipinski definition) is 3. The Kier molecular flexibility index (Phi) is 3.64. The minimum atomic E-state index is 0.396. The zero-order valence-electron chi connectivity index (χ0n) is 12.9. The highest BCUT2D eigenvalue weighted by molar-refractivity contribution is 5.38. The van der Waals surface area contributed by atoms with Gasteiger partial charge in [0.05, 0.1) is 12.1 Å². The Labute approximate surface area is 127 Å². The fraction of sp³-hybridized carbons (Fsp3) is 0.667. The topological polar surface area (TPSA) is 24.5 Å². The van der Waals surface area contributed by atoms with Gasteiger partial charge in [-0.2, -0.15) is 0 Å². The average Bonchev–Trinajstić information content (AvgIpc) is 3.41. The molecule has 1 aromatic carbocycles. The second-order valence-electron chi connectivity index (χ2n) is 7.02. The van der Waals surface area contributed by atoms with E-state index in [4.69, 9.17) is 4.74 Å². The summed E-state index contributed by atoms with van der Waals surface area (Å²) in [5.41, 5.74) is 1.33. The first kappa shape index (κ1) is 13.6. The molecule has 2 unspecified atom stereocenters. The first-order valence-corrected chi connectivity index (χ1v) is 8.48. The maximum atomic E-state index is 6.07. The summed E-state index contributed by atoms with van der Waals surface area (Å²) in [5.74, 6) is 2.95. The lowest BCUT2D eigenvalue weighted by Gasteiger charge is -2.41. The molecule has 2 aliphatic carbocycles.